The molecule has 9 heteroatoms. The van der Waals surface area contributed by atoms with Crippen LogP contribution >= 0.6 is 11.8 Å². The number of nitrogens with one attached hydrogen (secondary N) is 1. The molecule has 1 atom stereocenters. The van der Waals surface area contributed by atoms with Gasteiger partial charge in [0.15, 0.2) is 0 Å². The Labute approximate surface area is 184 Å². The van der Waals surface area contributed by atoms with Crippen LogP contribution in [0, 0.1) is 11.3 Å². The fourth-order valence-corrected chi connectivity index (χ4v) is 5.19. The summed E-state index contributed by atoms with van der Waals surface area (Å²) >= 11 is 1.53. The molecule has 1 aromatic carbocycles. The van der Waals surface area contributed by atoms with Gasteiger partial charge in [-0.3, -0.25) is 14.6 Å². The van der Waals surface area contributed by atoms with E-state index in [2.05, 4.69) is 16.4 Å². The number of nitriles is 1. The molecule has 31 heavy (non-hydrogen) atoms. The first-order chi connectivity index (χ1) is 15.1. The van der Waals surface area contributed by atoms with E-state index in [1.165, 1.54) is 16.7 Å². The van der Waals surface area contributed by atoms with E-state index < -0.39 is 11.6 Å². The van der Waals surface area contributed by atoms with Crippen LogP contribution in [0.25, 0.3) is 10.9 Å². The molecule has 1 unspecified atom stereocenters. The van der Waals surface area contributed by atoms with Gasteiger partial charge in [0.1, 0.15) is 6.04 Å². The highest BCUT2D eigenvalue weighted by molar-refractivity contribution is 7.99. The van der Waals surface area contributed by atoms with Gasteiger partial charge < -0.3 is 19.7 Å². The minimum absolute atomic E-state index is 0.152. The molecule has 0 bridgehead atoms. The largest absolute Gasteiger partial charge is 0.381 e. The van der Waals surface area contributed by atoms with Crippen molar-refractivity contribution in [2.24, 2.45) is 0 Å². The molecule has 2 amide bonds. The number of methoxy groups -OCH3 is 1. The number of fused-ring (bicyclic) bond motifs is 1. The first-order valence-corrected chi connectivity index (χ1v) is 11.3. The van der Waals surface area contributed by atoms with Crippen LogP contribution in [-0.4, -0.2) is 66.2 Å². The number of aromatic nitrogens is 1. The van der Waals surface area contributed by atoms with Crippen molar-refractivity contribution in [2.45, 2.75) is 24.5 Å². The predicted molar refractivity (Wildman–Crippen MR) is 116 cm³/mol. The van der Waals surface area contributed by atoms with Gasteiger partial charge in [0.2, 0.25) is 5.91 Å². The van der Waals surface area contributed by atoms with E-state index in [4.69, 9.17) is 14.7 Å². The second kappa shape index (κ2) is 9.22. The van der Waals surface area contributed by atoms with Crippen molar-refractivity contribution in [3.05, 3.63) is 41.6 Å². The maximum atomic E-state index is 12.9. The summed E-state index contributed by atoms with van der Waals surface area (Å²) in [5.41, 5.74) is 1.67. The van der Waals surface area contributed by atoms with Gasteiger partial charge in [0.05, 0.1) is 35.2 Å². The first kappa shape index (κ1) is 21.6. The number of ether oxygens (including phenoxy) is 2. The van der Waals surface area contributed by atoms with E-state index >= 15 is 0 Å². The minimum Gasteiger partial charge on any atom is -0.381 e. The van der Waals surface area contributed by atoms with Gasteiger partial charge in [-0.2, -0.15) is 5.26 Å². The summed E-state index contributed by atoms with van der Waals surface area (Å²) in [5.74, 6) is 0.457. The van der Waals surface area contributed by atoms with Crippen molar-refractivity contribution in [1.29, 1.82) is 5.26 Å². The number of benzene rings is 1. The smallest absolute Gasteiger partial charge is 0.252 e. The van der Waals surface area contributed by atoms with Crippen molar-refractivity contribution < 1.29 is 19.1 Å². The van der Waals surface area contributed by atoms with E-state index in [0.29, 0.717) is 41.3 Å². The predicted octanol–water partition coefficient (Wildman–Crippen LogP) is 2.04. The lowest BCUT2D eigenvalue weighted by Gasteiger charge is -2.36. The standard InChI is InChI=1S/C22H24N4O4S/c1-29-22(5-8-30-9-6-22)15-2-3-19-18(10-15)17(4-7-24-19)21(28)25-12-20(27)26-14-31-13-16(26)11-23/h2-4,7,10,16H,5-6,8-9,12-14H2,1H3,(H,25,28). The van der Waals surface area contributed by atoms with Crippen molar-refractivity contribution in [3.8, 4) is 6.07 Å². The quantitative estimate of drug-likeness (QED) is 0.759. The zero-order chi connectivity index (χ0) is 21.8. The third kappa shape index (κ3) is 4.24. The normalized spacial score (nSPS) is 20.4. The molecule has 8 nitrogen and oxygen atoms in total. The molecule has 2 aliphatic rings. The molecule has 2 aliphatic heterocycles. The van der Waals surface area contributed by atoms with Crippen molar-refractivity contribution in [3.63, 3.8) is 0 Å². The van der Waals surface area contributed by atoms with Crippen molar-refractivity contribution in [2.75, 3.05) is 38.5 Å². The zero-order valence-electron chi connectivity index (χ0n) is 17.3. The summed E-state index contributed by atoms with van der Waals surface area (Å²) in [7, 11) is 1.70. The summed E-state index contributed by atoms with van der Waals surface area (Å²) in [6.45, 7) is 1.08. The van der Waals surface area contributed by atoms with Crippen LogP contribution in [0.2, 0.25) is 0 Å². The lowest BCUT2D eigenvalue weighted by atomic mass is 9.85. The number of nitrogens with zero attached hydrogens (tertiary/aromatic N) is 3. The lowest BCUT2D eigenvalue weighted by molar-refractivity contribution is -0.129. The zero-order valence-corrected chi connectivity index (χ0v) is 18.1. The van der Waals surface area contributed by atoms with Gasteiger partial charge in [-0.25, -0.2) is 0 Å². The number of carbonyl (C=O) groups is 2. The molecule has 0 spiro atoms. The van der Waals surface area contributed by atoms with Gasteiger partial charge in [0, 0.05) is 50.5 Å². The lowest BCUT2D eigenvalue weighted by Crippen LogP contribution is -2.42. The fraction of sp³-hybridized carbons (Fsp3) is 0.455. The van der Waals surface area contributed by atoms with Gasteiger partial charge in [-0.05, 0) is 23.8 Å². The number of hydrogen-bond acceptors (Lipinski definition) is 7. The van der Waals surface area contributed by atoms with Gasteiger partial charge in [-0.1, -0.05) is 6.07 Å². The average molecular weight is 441 g/mol. The van der Waals surface area contributed by atoms with Crippen LogP contribution in [0.15, 0.2) is 30.5 Å². The second-order valence-corrected chi connectivity index (χ2v) is 8.59. The maximum absolute atomic E-state index is 12.9. The van der Waals surface area contributed by atoms with Gasteiger partial charge in [-0.15, -0.1) is 11.8 Å². The summed E-state index contributed by atoms with van der Waals surface area (Å²) in [6.07, 6.45) is 3.06. The number of amides is 2. The average Bonchev–Trinajstić information content (AvgIpc) is 3.31. The number of thioether (sulfide) groups is 1. The molecule has 1 aromatic heterocycles. The SMILES string of the molecule is COC1(c2ccc3nccc(C(=O)NCC(=O)N4CSCC4C#N)c3c2)CCOCC1. The highest BCUT2D eigenvalue weighted by Gasteiger charge is 2.35. The number of carbonyl (C=O) groups excluding carboxylic acids is 2. The van der Waals surface area contributed by atoms with Crippen LogP contribution in [0.1, 0.15) is 28.8 Å². The van der Waals surface area contributed by atoms with Crippen LogP contribution in [0.3, 0.4) is 0 Å². The molecule has 2 aromatic rings. The summed E-state index contributed by atoms with van der Waals surface area (Å²) in [6, 6.07) is 9.17. The van der Waals surface area contributed by atoms with E-state index in [-0.39, 0.29) is 18.4 Å². The van der Waals surface area contributed by atoms with E-state index in [1.54, 1.807) is 19.4 Å². The molecular weight excluding hydrogens is 416 g/mol. The van der Waals surface area contributed by atoms with Gasteiger partial charge >= 0.3 is 0 Å². The topological polar surface area (TPSA) is 105 Å². The van der Waals surface area contributed by atoms with Crippen LogP contribution in [0.5, 0.6) is 0 Å². The molecule has 0 radical (unpaired) electrons. The van der Waals surface area contributed by atoms with E-state index in [0.717, 1.165) is 18.4 Å². The Morgan fingerprint density at radius 1 is 1.39 bits per heavy atom. The Kier molecular flexibility index (Phi) is 6.41. The Morgan fingerprint density at radius 2 is 2.19 bits per heavy atom. The molecule has 1 N–H and O–H groups in total. The Bertz CT molecular complexity index is 1030. The molecular formula is C22H24N4O4S. The van der Waals surface area contributed by atoms with Crippen LogP contribution in [-0.2, 0) is 19.9 Å². The maximum Gasteiger partial charge on any atom is 0.252 e. The Hall–Kier alpha value is -2.67. The van der Waals surface area contributed by atoms with Crippen LogP contribution in [0.4, 0.5) is 0 Å². The summed E-state index contributed by atoms with van der Waals surface area (Å²) in [4.78, 5) is 31.3. The fourth-order valence-electron chi connectivity index (χ4n) is 4.09. The van der Waals surface area contributed by atoms with E-state index in [9.17, 15) is 9.59 Å². The molecule has 0 aliphatic carbocycles. The molecule has 4 rings (SSSR count). The highest BCUT2D eigenvalue weighted by Crippen LogP contribution is 2.37. The molecule has 0 saturated carbocycles. The molecule has 3 heterocycles. The minimum atomic E-state index is -0.453. The van der Waals surface area contributed by atoms with Crippen LogP contribution < -0.4 is 5.32 Å². The van der Waals surface area contributed by atoms with Crippen molar-refractivity contribution >= 4 is 34.5 Å². The monoisotopic (exact) mass is 440 g/mol. The Balaban J connectivity index is 1.56. The third-order valence-corrected chi connectivity index (χ3v) is 6.97. The first-order valence-electron chi connectivity index (χ1n) is 10.1. The molecule has 2 fully saturated rings. The molecule has 2 saturated heterocycles. The second-order valence-electron chi connectivity index (χ2n) is 7.59. The number of hydrogen-bond donors (Lipinski definition) is 1. The van der Waals surface area contributed by atoms with E-state index in [1.807, 2.05) is 18.2 Å². The Morgan fingerprint density at radius 3 is 2.94 bits per heavy atom. The summed E-state index contributed by atoms with van der Waals surface area (Å²) in [5, 5.41) is 12.6. The number of rotatable bonds is 5. The number of pyridine rings is 1. The van der Waals surface area contributed by atoms with Crippen molar-refractivity contribution in [1.82, 2.24) is 15.2 Å². The third-order valence-electron chi connectivity index (χ3n) is 5.96. The van der Waals surface area contributed by atoms with Gasteiger partial charge in [0.25, 0.3) is 5.91 Å². The summed E-state index contributed by atoms with van der Waals surface area (Å²) < 4.78 is 11.4. The molecule has 162 valence electrons. The highest BCUT2D eigenvalue weighted by atomic mass is 32.2.